The highest BCUT2D eigenvalue weighted by molar-refractivity contribution is 6.00. The molecular formula is C24H30N2O7. The van der Waals surface area contributed by atoms with Crippen molar-refractivity contribution < 1.29 is 33.3 Å². The normalized spacial score (nSPS) is 15.2. The van der Waals surface area contributed by atoms with Gasteiger partial charge >= 0.3 is 0 Å². The lowest BCUT2D eigenvalue weighted by Crippen LogP contribution is -2.34. The van der Waals surface area contributed by atoms with Gasteiger partial charge in [0.2, 0.25) is 17.6 Å². The molecular weight excluding hydrogens is 428 g/mol. The summed E-state index contributed by atoms with van der Waals surface area (Å²) < 4.78 is 26.7. The number of rotatable bonds is 10. The smallest absolute Gasteiger partial charge is 0.227 e. The first-order chi connectivity index (χ1) is 15.9. The quantitative estimate of drug-likeness (QED) is 0.584. The monoisotopic (exact) mass is 458 g/mol. The molecule has 0 aliphatic carbocycles. The molecule has 2 amide bonds. The highest BCUT2D eigenvalue weighted by Crippen LogP contribution is 2.42. The maximum atomic E-state index is 12.7. The fraction of sp³-hybridized carbons (Fsp3) is 0.417. The van der Waals surface area contributed by atoms with Crippen LogP contribution in [0.15, 0.2) is 30.3 Å². The predicted molar refractivity (Wildman–Crippen MR) is 123 cm³/mol. The van der Waals surface area contributed by atoms with E-state index in [1.807, 2.05) is 18.2 Å². The standard InChI is InChI=1S/C24H30N2O7/c1-29-18-7-6-15(10-19(18)30-2)8-9-25-24(28)16-11-22(27)26(14-16)17-12-20(31-3)23(33-5)21(13-17)32-4/h6-7,10,12-13,16H,8-9,11,14H2,1-5H3,(H,25,28). The van der Waals surface area contributed by atoms with Gasteiger partial charge in [-0.25, -0.2) is 0 Å². The van der Waals surface area contributed by atoms with Crippen LogP contribution in [0.1, 0.15) is 12.0 Å². The minimum Gasteiger partial charge on any atom is -0.493 e. The molecule has 1 saturated heterocycles. The first-order valence-electron chi connectivity index (χ1n) is 10.5. The molecule has 1 heterocycles. The first kappa shape index (κ1) is 24.0. The van der Waals surface area contributed by atoms with E-state index in [4.69, 9.17) is 23.7 Å². The molecule has 0 radical (unpaired) electrons. The molecule has 1 aliphatic rings. The molecule has 2 aromatic rings. The van der Waals surface area contributed by atoms with E-state index in [0.717, 1.165) is 5.56 Å². The number of ether oxygens (including phenoxy) is 5. The molecule has 3 rings (SSSR count). The SMILES string of the molecule is COc1ccc(CCNC(=O)C2CC(=O)N(c3cc(OC)c(OC)c(OC)c3)C2)cc1OC. The third-order valence-corrected chi connectivity index (χ3v) is 5.62. The Morgan fingerprint density at radius 3 is 2.12 bits per heavy atom. The fourth-order valence-corrected chi connectivity index (χ4v) is 3.87. The Bertz CT molecular complexity index is 983. The minimum atomic E-state index is -0.443. The minimum absolute atomic E-state index is 0.135. The van der Waals surface area contributed by atoms with Crippen LogP contribution in [0.4, 0.5) is 5.69 Å². The summed E-state index contributed by atoms with van der Waals surface area (Å²) in [5.74, 6) is 1.90. The van der Waals surface area contributed by atoms with E-state index < -0.39 is 5.92 Å². The molecule has 33 heavy (non-hydrogen) atoms. The summed E-state index contributed by atoms with van der Waals surface area (Å²) in [6.45, 7) is 0.725. The third-order valence-electron chi connectivity index (χ3n) is 5.62. The number of benzene rings is 2. The van der Waals surface area contributed by atoms with Gasteiger partial charge in [-0.3, -0.25) is 9.59 Å². The lowest BCUT2D eigenvalue weighted by Gasteiger charge is -2.20. The van der Waals surface area contributed by atoms with Crippen molar-refractivity contribution >= 4 is 17.5 Å². The van der Waals surface area contributed by atoms with Crippen LogP contribution >= 0.6 is 0 Å². The van der Waals surface area contributed by atoms with Gasteiger partial charge in [0.25, 0.3) is 0 Å². The number of nitrogens with zero attached hydrogens (tertiary/aromatic N) is 1. The lowest BCUT2D eigenvalue weighted by atomic mass is 10.1. The zero-order valence-electron chi connectivity index (χ0n) is 19.6. The fourth-order valence-electron chi connectivity index (χ4n) is 3.87. The number of hydrogen-bond donors (Lipinski definition) is 1. The van der Waals surface area contributed by atoms with E-state index in [-0.39, 0.29) is 24.8 Å². The molecule has 0 bridgehead atoms. The topological polar surface area (TPSA) is 95.6 Å². The molecule has 178 valence electrons. The van der Waals surface area contributed by atoms with Crippen LogP contribution in [-0.4, -0.2) is 60.5 Å². The molecule has 1 unspecified atom stereocenters. The van der Waals surface area contributed by atoms with Crippen molar-refractivity contribution in [1.82, 2.24) is 5.32 Å². The van der Waals surface area contributed by atoms with Crippen molar-refractivity contribution in [3.05, 3.63) is 35.9 Å². The molecule has 0 spiro atoms. The van der Waals surface area contributed by atoms with Crippen molar-refractivity contribution in [2.24, 2.45) is 5.92 Å². The van der Waals surface area contributed by atoms with E-state index in [1.54, 1.807) is 31.3 Å². The van der Waals surface area contributed by atoms with Gasteiger partial charge in [-0.15, -0.1) is 0 Å². The van der Waals surface area contributed by atoms with Gasteiger partial charge in [-0.05, 0) is 24.1 Å². The van der Waals surface area contributed by atoms with Crippen molar-refractivity contribution in [3.63, 3.8) is 0 Å². The van der Waals surface area contributed by atoms with Crippen molar-refractivity contribution in [3.8, 4) is 28.7 Å². The van der Waals surface area contributed by atoms with Gasteiger partial charge in [-0.2, -0.15) is 0 Å². The Hall–Kier alpha value is -3.62. The summed E-state index contributed by atoms with van der Waals surface area (Å²) in [4.78, 5) is 27.0. The number of hydrogen-bond acceptors (Lipinski definition) is 7. The van der Waals surface area contributed by atoms with Gasteiger partial charge in [-0.1, -0.05) is 6.07 Å². The Morgan fingerprint density at radius 2 is 1.55 bits per heavy atom. The molecule has 9 heteroatoms. The average Bonchev–Trinajstić information content (AvgIpc) is 3.24. The number of nitrogens with one attached hydrogen (secondary N) is 1. The molecule has 1 fully saturated rings. The van der Waals surface area contributed by atoms with Gasteiger partial charge in [0.1, 0.15) is 0 Å². The first-order valence-corrected chi connectivity index (χ1v) is 10.5. The van der Waals surface area contributed by atoms with Crippen molar-refractivity contribution in [1.29, 1.82) is 0 Å². The number of anilines is 1. The Kier molecular flexibility index (Phi) is 7.87. The summed E-state index contributed by atoms with van der Waals surface area (Å²) in [7, 11) is 7.72. The van der Waals surface area contributed by atoms with E-state index in [2.05, 4.69) is 5.32 Å². The molecule has 0 saturated carbocycles. The molecule has 2 aromatic carbocycles. The van der Waals surface area contributed by atoms with Gasteiger partial charge in [0, 0.05) is 31.6 Å². The second kappa shape index (κ2) is 10.8. The second-order valence-corrected chi connectivity index (χ2v) is 7.52. The van der Waals surface area contributed by atoms with Gasteiger partial charge < -0.3 is 33.9 Å². The Labute approximate surface area is 193 Å². The maximum absolute atomic E-state index is 12.7. The van der Waals surface area contributed by atoms with Crippen LogP contribution < -0.4 is 33.9 Å². The van der Waals surface area contributed by atoms with Crippen LogP contribution in [0.25, 0.3) is 0 Å². The van der Waals surface area contributed by atoms with Crippen LogP contribution in [0.3, 0.4) is 0 Å². The van der Waals surface area contributed by atoms with E-state index >= 15 is 0 Å². The van der Waals surface area contributed by atoms with Crippen LogP contribution in [0, 0.1) is 5.92 Å². The van der Waals surface area contributed by atoms with E-state index in [9.17, 15) is 9.59 Å². The highest BCUT2D eigenvalue weighted by Gasteiger charge is 2.35. The molecule has 1 atom stereocenters. The van der Waals surface area contributed by atoms with Crippen LogP contribution in [-0.2, 0) is 16.0 Å². The summed E-state index contributed by atoms with van der Waals surface area (Å²) >= 11 is 0. The maximum Gasteiger partial charge on any atom is 0.227 e. The van der Waals surface area contributed by atoms with E-state index in [0.29, 0.717) is 47.4 Å². The summed E-state index contributed by atoms with van der Waals surface area (Å²) in [5, 5.41) is 2.94. The zero-order valence-corrected chi connectivity index (χ0v) is 19.6. The van der Waals surface area contributed by atoms with Gasteiger partial charge in [0.05, 0.1) is 47.2 Å². The van der Waals surface area contributed by atoms with E-state index in [1.165, 1.54) is 21.3 Å². The van der Waals surface area contributed by atoms with Crippen LogP contribution in [0.2, 0.25) is 0 Å². The number of methoxy groups -OCH3 is 5. The van der Waals surface area contributed by atoms with Crippen molar-refractivity contribution in [2.45, 2.75) is 12.8 Å². The molecule has 1 aliphatic heterocycles. The lowest BCUT2D eigenvalue weighted by molar-refractivity contribution is -0.126. The van der Waals surface area contributed by atoms with Crippen LogP contribution in [0.5, 0.6) is 28.7 Å². The summed E-state index contributed by atoms with van der Waals surface area (Å²) in [6, 6.07) is 9.06. The molecule has 0 aromatic heterocycles. The zero-order chi connectivity index (χ0) is 24.0. The third kappa shape index (κ3) is 5.24. The predicted octanol–water partition coefficient (Wildman–Crippen LogP) is 2.44. The molecule has 9 nitrogen and oxygen atoms in total. The number of carbonyl (C=O) groups excluding carboxylic acids is 2. The molecule has 1 N–H and O–H groups in total. The Balaban J connectivity index is 1.63. The highest BCUT2D eigenvalue weighted by atomic mass is 16.5. The second-order valence-electron chi connectivity index (χ2n) is 7.52. The van der Waals surface area contributed by atoms with Gasteiger partial charge in [0.15, 0.2) is 23.0 Å². The summed E-state index contributed by atoms with van der Waals surface area (Å²) in [6.07, 6.45) is 0.766. The average molecular weight is 459 g/mol. The van der Waals surface area contributed by atoms with Crippen molar-refractivity contribution in [2.75, 3.05) is 53.5 Å². The number of amides is 2. The Morgan fingerprint density at radius 1 is 0.909 bits per heavy atom. The number of carbonyl (C=O) groups is 2. The largest absolute Gasteiger partial charge is 0.493 e. The summed E-state index contributed by atoms with van der Waals surface area (Å²) in [5.41, 5.74) is 1.60.